The predicted octanol–water partition coefficient (Wildman–Crippen LogP) is 2.95. The minimum absolute atomic E-state index is 0.0980. The lowest BCUT2D eigenvalue weighted by Crippen LogP contribution is -2.14. The van der Waals surface area contributed by atoms with Gasteiger partial charge in [0.1, 0.15) is 5.00 Å². The molecule has 0 bridgehead atoms. The number of carbonyl (C=O) groups is 1. The summed E-state index contributed by atoms with van der Waals surface area (Å²) in [4.78, 5) is 13.2. The molecule has 1 aliphatic carbocycles. The molecule has 1 atom stereocenters. The Balaban J connectivity index is 2.37. The molecule has 1 heterocycles. The number of hydrogen-bond donors (Lipinski definition) is 1. The van der Waals surface area contributed by atoms with Crippen molar-refractivity contribution in [3.63, 3.8) is 0 Å². The largest absolute Gasteiger partial charge is 0.459 e. The number of fused-ring (bicyclic) bond motifs is 1. The quantitative estimate of drug-likeness (QED) is 0.807. The van der Waals surface area contributed by atoms with Gasteiger partial charge in [-0.05, 0) is 38.2 Å². The van der Waals surface area contributed by atoms with Crippen molar-refractivity contribution in [1.29, 1.82) is 0 Å². The summed E-state index contributed by atoms with van der Waals surface area (Å²) in [6.07, 6.45) is 2.06. The molecule has 0 saturated heterocycles. The van der Waals surface area contributed by atoms with E-state index in [-0.39, 0.29) is 12.1 Å². The molecule has 0 amide bonds. The van der Waals surface area contributed by atoms with Crippen molar-refractivity contribution in [2.75, 3.05) is 5.73 Å². The zero-order chi connectivity index (χ0) is 11.9. The molecule has 1 aromatic rings. The lowest BCUT2D eigenvalue weighted by molar-refractivity contribution is 0.0378. The second-order valence-corrected chi connectivity index (χ2v) is 5.71. The van der Waals surface area contributed by atoms with Crippen molar-refractivity contribution in [1.82, 2.24) is 0 Å². The van der Waals surface area contributed by atoms with Crippen LogP contribution in [0.5, 0.6) is 0 Å². The lowest BCUT2D eigenvalue weighted by Gasteiger charge is -2.10. The highest BCUT2D eigenvalue weighted by Gasteiger charge is 2.30. The van der Waals surface area contributed by atoms with Crippen LogP contribution in [0.4, 0.5) is 5.00 Å². The van der Waals surface area contributed by atoms with Gasteiger partial charge in [0.25, 0.3) is 0 Å². The Hall–Kier alpha value is -1.03. The molecule has 88 valence electrons. The van der Waals surface area contributed by atoms with E-state index in [9.17, 15) is 4.79 Å². The molecule has 1 aliphatic rings. The van der Waals surface area contributed by atoms with Gasteiger partial charge in [-0.1, -0.05) is 6.92 Å². The van der Waals surface area contributed by atoms with E-state index in [0.29, 0.717) is 16.5 Å². The number of rotatable bonds is 2. The SMILES string of the molecule is CC(C)OC(=O)c1c(N)sc2c1C(C)CC2. The van der Waals surface area contributed by atoms with Gasteiger partial charge >= 0.3 is 5.97 Å². The minimum Gasteiger partial charge on any atom is -0.459 e. The topological polar surface area (TPSA) is 52.3 Å². The standard InChI is InChI=1S/C12H17NO2S/c1-6(2)15-12(14)10-9-7(3)4-5-8(9)16-11(10)13/h6-7H,4-5,13H2,1-3H3. The van der Waals surface area contributed by atoms with Gasteiger partial charge in [-0.2, -0.15) is 0 Å². The third-order valence-corrected chi connectivity index (χ3v) is 3.99. The Morgan fingerprint density at radius 2 is 2.25 bits per heavy atom. The molecule has 2 rings (SSSR count). The predicted molar refractivity (Wildman–Crippen MR) is 66.0 cm³/mol. The summed E-state index contributed by atoms with van der Waals surface area (Å²) in [5.41, 5.74) is 7.66. The molecular weight excluding hydrogens is 222 g/mol. The average molecular weight is 239 g/mol. The Morgan fingerprint density at radius 1 is 1.56 bits per heavy atom. The van der Waals surface area contributed by atoms with Crippen molar-refractivity contribution in [3.05, 3.63) is 16.0 Å². The van der Waals surface area contributed by atoms with Crippen LogP contribution >= 0.6 is 11.3 Å². The van der Waals surface area contributed by atoms with Crippen molar-refractivity contribution < 1.29 is 9.53 Å². The summed E-state index contributed by atoms with van der Waals surface area (Å²) in [6, 6.07) is 0. The van der Waals surface area contributed by atoms with Crippen LogP contribution < -0.4 is 5.73 Å². The van der Waals surface area contributed by atoms with E-state index in [1.807, 2.05) is 13.8 Å². The second kappa shape index (κ2) is 4.09. The highest BCUT2D eigenvalue weighted by molar-refractivity contribution is 7.16. The number of anilines is 1. The van der Waals surface area contributed by atoms with Crippen molar-refractivity contribution in [2.45, 2.75) is 45.6 Å². The molecule has 2 N–H and O–H groups in total. The molecule has 1 unspecified atom stereocenters. The highest BCUT2D eigenvalue weighted by atomic mass is 32.1. The number of carbonyl (C=O) groups excluding carboxylic acids is 1. The van der Waals surface area contributed by atoms with Crippen molar-refractivity contribution in [2.24, 2.45) is 0 Å². The van der Waals surface area contributed by atoms with E-state index >= 15 is 0 Å². The van der Waals surface area contributed by atoms with Gasteiger partial charge in [0.15, 0.2) is 0 Å². The maximum atomic E-state index is 11.9. The van der Waals surface area contributed by atoms with Gasteiger partial charge in [-0.25, -0.2) is 4.79 Å². The monoisotopic (exact) mass is 239 g/mol. The van der Waals surface area contributed by atoms with Crippen LogP contribution in [0.3, 0.4) is 0 Å². The van der Waals surface area contributed by atoms with Crippen LogP contribution in [-0.2, 0) is 11.2 Å². The molecule has 0 aliphatic heterocycles. The molecule has 0 aromatic carbocycles. The fraction of sp³-hybridized carbons (Fsp3) is 0.583. The molecule has 1 aromatic heterocycles. The molecule has 16 heavy (non-hydrogen) atoms. The lowest BCUT2D eigenvalue weighted by atomic mass is 10.0. The Morgan fingerprint density at radius 3 is 2.88 bits per heavy atom. The van der Waals surface area contributed by atoms with Gasteiger partial charge in [-0.15, -0.1) is 11.3 Å². The number of hydrogen-bond acceptors (Lipinski definition) is 4. The first-order chi connectivity index (χ1) is 7.50. The van der Waals surface area contributed by atoms with Gasteiger partial charge in [0, 0.05) is 4.88 Å². The normalized spacial score (nSPS) is 18.9. The summed E-state index contributed by atoms with van der Waals surface area (Å²) in [6.45, 7) is 5.85. The Bertz CT molecular complexity index is 423. The van der Waals surface area contributed by atoms with Crippen LogP contribution in [0.1, 0.15) is 53.9 Å². The maximum Gasteiger partial charge on any atom is 0.341 e. The molecule has 0 radical (unpaired) electrons. The van der Waals surface area contributed by atoms with Crippen LogP contribution in [0.25, 0.3) is 0 Å². The van der Waals surface area contributed by atoms with Crippen LogP contribution in [0.15, 0.2) is 0 Å². The van der Waals surface area contributed by atoms with E-state index in [1.165, 1.54) is 16.2 Å². The molecule has 3 nitrogen and oxygen atoms in total. The van der Waals surface area contributed by atoms with Crippen molar-refractivity contribution in [3.8, 4) is 0 Å². The maximum absolute atomic E-state index is 11.9. The third-order valence-electron chi connectivity index (χ3n) is 2.89. The van der Waals surface area contributed by atoms with E-state index < -0.39 is 0 Å². The molecule has 0 fully saturated rings. The molecule has 0 saturated carbocycles. The average Bonchev–Trinajstić information content (AvgIpc) is 2.65. The third kappa shape index (κ3) is 1.82. The van der Waals surface area contributed by atoms with E-state index in [0.717, 1.165) is 18.4 Å². The molecule has 4 heteroatoms. The van der Waals surface area contributed by atoms with E-state index in [4.69, 9.17) is 10.5 Å². The number of esters is 1. The Labute approximate surface area is 99.6 Å². The molecule has 0 spiro atoms. The number of aryl methyl sites for hydroxylation is 1. The Kier molecular flexibility index (Phi) is 2.93. The van der Waals surface area contributed by atoms with Crippen LogP contribution in [0, 0.1) is 0 Å². The first-order valence-corrected chi connectivity index (χ1v) is 6.44. The van der Waals surface area contributed by atoms with Crippen molar-refractivity contribution >= 4 is 22.3 Å². The summed E-state index contributed by atoms with van der Waals surface area (Å²) in [5, 5.41) is 0.613. The summed E-state index contributed by atoms with van der Waals surface area (Å²) < 4.78 is 5.24. The minimum atomic E-state index is -0.265. The summed E-state index contributed by atoms with van der Waals surface area (Å²) in [7, 11) is 0. The number of thiophene rings is 1. The van der Waals surface area contributed by atoms with Crippen LogP contribution in [-0.4, -0.2) is 12.1 Å². The zero-order valence-corrected chi connectivity index (χ0v) is 10.7. The number of nitrogen functional groups attached to an aromatic ring is 1. The van der Waals surface area contributed by atoms with Gasteiger partial charge < -0.3 is 10.5 Å². The van der Waals surface area contributed by atoms with Gasteiger partial charge in [0.2, 0.25) is 0 Å². The van der Waals surface area contributed by atoms with E-state index in [1.54, 1.807) is 0 Å². The first kappa shape index (κ1) is 11.5. The fourth-order valence-corrected chi connectivity index (χ4v) is 3.39. The highest BCUT2D eigenvalue weighted by Crippen LogP contribution is 2.43. The second-order valence-electron chi connectivity index (χ2n) is 4.57. The molecular formula is C12H17NO2S. The van der Waals surface area contributed by atoms with E-state index in [2.05, 4.69) is 6.92 Å². The first-order valence-electron chi connectivity index (χ1n) is 5.62. The number of ether oxygens (including phenoxy) is 1. The zero-order valence-electron chi connectivity index (χ0n) is 9.87. The summed E-state index contributed by atoms with van der Waals surface area (Å²) >= 11 is 1.54. The van der Waals surface area contributed by atoms with Crippen LogP contribution in [0.2, 0.25) is 0 Å². The number of nitrogens with two attached hydrogens (primary N) is 1. The van der Waals surface area contributed by atoms with Gasteiger partial charge in [0.05, 0.1) is 11.7 Å². The summed E-state index contributed by atoms with van der Waals surface area (Å²) in [5.74, 6) is 0.164. The van der Waals surface area contributed by atoms with Gasteiger partial charge in [-0.3, -0.25) is 0 Å². The fourth-order valence-electron chi connectivity index (χ4n) is 2.19. The smallest absolute Gasteiger partial charge is 0.341 e.